The molecule has 0 unspecified atom stereocenters. The van der Waals surface area contributed by atoms with E-state index in [0.717, 1.165) is 5.56 Å². The van der Waals surface area contributed by atoms with E-state index in [9.17, 15) is 0 Å². The van der Waals surface area contributed by atoms with Gasteiger partial charge in [-0.2, -0.15) is 0 Å². The normalized spacial score (nSPS) is 12.6. The lowest BCUT2D eigenvalue weighted by Gasteiger charge is -1.97. The largest absolute Gasteiger partial charge is 0.459 e. The molecule has 0 saturated carbocycles. The van der Waals surface area contributed by atoms with Crippen molar-refractivity contribution in [2.24, 2.45) is 0 Å². The quantitative estimate of drug-likeness (QED) is 0.485. The molecule has 4 heterocycles. The third-order valence-corrected chi connectivity index (χ3v) is 4.35. The van der Waals surface area contributed by atoms with Crippen molar-refractivity contribution in [3.05, 3.63) is 42.5 Å². The first kappa shape index (κ1) is 15.0. The lowest BCUT2D eigenvalue weighted by atomic mass is 10.2. The van der Waals surface area contributed by atoms with Crippen molar-refractivity contribution in [1.29, 1.82) is 0 Å². The first-order valence-corrected chi connectivity index (χ1v) is 8.56. The van der Waals surface area contributed by atoms with E-state index in [4.69, 9.17) is 22.7 Å². The summed E-state index contributed by atoms with van der Waals surface area (Å²) in [4.78, 5) is 0. The van der Waals surface area contributed by atoms with Crippen LogP contribution in [-0.2, 0) is 5.75 Å². The number of furan rings is 1. The van der Waals surface area contributed by atoms with Crippen molar-refractivity contribution >= 4 is 11.8 Å². The maximum absolute atomic E-state index is 5.67. The number of ether oxygens (including phenoxy) is 2. The predicted molar refractivity (Wildman–Crippen MR) is 87.4 cm³/mol. The summed E-state index contributed by atoms with van der Waals surface area (Å²) in [6, 6.07) is 8.95. The van der Waals surface area contributed by atoms with E-state index < -0.39 is 0 Å². The van der Waals surface area contributed by atoms with Crippen LogP contribution in [0, 0.1) is 0 Å². The summed E-state index contributed by atoms with van der Waals surface area (Å²) in [6.07, 6.45) is 1.55. The van der Waals surface area contributed by atoms with Gasteiger partial charge in [-0.3, -0.25) is 0 Å². The fourth-order valence-electron chi connectivity index (χ4n) is 2.35. The summed E-state index contributed by atoms with van der Waals surface area (Å²) >= 11 is 1.30. The maximum Gasteiger partial charge on any atom is 0.283 e. The van der Waals surface area contributed by atoms with Gasteiger partial charge in [-0.15, -0.1) is 20.4 Å². The van der Waals surface area contributed by atoms with Crippen LogP contribution in [0.4, 0.5) is 0 Å². The fraction of sp³-hybridized carbons (Fsp3) is 0.125. The van der Waals surface area contributed by atoms with E-state index in [0.29, 0.717) is 45.9 Å². The topological polar surface area (TPSA) is 109 Å². The highest BCUT2D eigenvalue weighted by molar-refractivity contribution is 7.98. The van der Waals surface area contributed by atoms with E-state index in [1.165, 1.54) is 11.8 Å². The van der Waals surface area contributed by atoms with Gasteiger partial charge >= 0.3 is 0 Å². The summed E-state index contributed by atoms with van der Waals surface area (Å²) in [6.45, 7) is 0.216. The fourth-order valence-corrected chi connectivity index (χ4v) is 2.95. The molecule has 1 aliphatic heterocycles. The van der Waals surface area contributed by atoms with Gasteiger partial charge in [-0.25, -0.2) is 0 Å². The molecular formula is C16H10N4O5S. The Morgan fingerprint density at radius 3 is 2.77 bits per heavy atom. The summed E-state index contributed by atoms with van der Waals surface area (Å²) in [7, 11) is 0. The van der Waals surface area contributed by atoms with Crippen molar-refractivity contribution in [3.63, 3.8) is 0 Å². The van der Waals surface area contributed by atoms with Crippen LogP contribution in [0.1, 0.15) is 5.89 Å². The summed E-state index contributed by atoms with van der Waals surface area (Å²) in [5.74, 6) is 3.44. The molecule has 9 nitrogen and oxygen atoms in total. The molecule has 26 heavy (non-hydrogen) atoms. The van der Waals surface area contributed by atoms with Crippen LogP contribution in [0.15, 0.2) is 55.1 Å². The zero-order valence-corrected chi connectivity index (χ0v) is 13.9. The molecule has 3 aromatic heterocycles. The second-order valence-corrected chi connectivity index (χ2v) is 6.13. The molecule has 1 aromatic carbocycles. The molecule has 5 rings (SSSR count). The molecular weight excluding hydrogens is 360 g/mol. The molecule has 130 valence electrons. The Bertz CT molecular complexity index is 1040. The van der Waals surface area contributed by atoms with Gasteiger partial charge in [0.2, 0.25) is 18.6 Å². The number of thioether (sulfide) groups is 1. The van der Waals surface area contributed by atoms with Gasteiger partial charge in [0.05, 0.1) is 12.0 Å². The van der Waals surface area contributed by atoms with Gasteiger partial charge in [0.15, 0.2) is 17.3 Å². The number of hydrogen-bond donors (Lipinski definition) is 0. The van der Waals surface area contributed by atoms with Crippen LogP contribution in [-0.4, -0.2) is 27.2 Å². The zero-order chi connectivity index (χ0) is 17.3. The molecule has 0 N–H and O–H groups in total. The first-order chi connectivity index (χ1) is 12.8. The van der Waals surface area contributed by atoms with E-state index in [1.54, 1.807) is 24.5 Å². The zero-order valence-electron chi connectivity index (χ0n) is 13.1. The molecule has 0 spiro atoms. The molecule has 0 amide bonds. The lowest BCUT2D eigenvalue weighted by Crippen LogP contribution is -1.92. The molecule has 4 aromatic rings. The summed E-state index contributed by atoms with van der Waals surface area (Å²) in [5.41, 5.74) is 0.756. The predicted octanol–water partition coefficient (Wildman–Crippen LogP) is 3.40. The van der Waals surface area contributed by atoms with Crippen LogP contribution in [0.25, 0.3) is 23.1 Å². The smallest absolute Gasteiger partial charge is 0.283 e. The average molecular weight is 370 g/mol. The molecule has 0 atom stereocenters. The summed E-state index contributed by atoms with van der Waals surface area (Å²) < 4.78 is 27.1. The minimum absolute atomic E-state index is 0.216. The highest BCUT2D eigenvalue weighted by Crippen LogP contribution is 2.36. The van der Waals surface area contributed by atoms with Crippen LogP contribution in [0.5, 0.6) is 11.5 Å². The lowest BCUT2D eigenvalue weighted by molar-refractivity contribution is 0.174. The van der Waals surface area contributed by atoms with Crippen molar-refractivity contribution in [2.45, 2.75) is 11.0 Å². The van der Waals surface area contributed by atoms with Crippen LogP contribution in [0.2, 0.25) is 0 Å². The number of rotatable bonds is 5. The standard InChI is InChI=1S/C16H10N4O5S/c1-2-11(21-5-1)15-19-17-13(24-15)7-26-16-20-18-14(25-16)9-3-4-10-12(6-9)23-8-22-10/h1-6H,7-8H2. The van der Waals surface area contributed by atoms with Crippen molar-refractivity contribution in [3.8, 4) is 34.6 Å². The summed E-state index contributed by atoms with van der Waals surface area (Å²) in [5, 5.41) is 16.4. The van der Waals surface area contributed by atoms with Gasteiger partial charge in [-0.05, 0) is 30.3 Å². The van der Waals surface area contributed by atoms with E-state index in [1.807, 2.05) is 12.1 Å². The van der Waals surface area contributed by atoms with Crippen molar-refractivity contribution in [2.75, 3.05) is 6.79 Å². The molecule has 0 fully saturated rings. The van der Waals surface area contributed by atoms with Crippen LogP contribution < -0.4 is 9.47 Å². The molecule has 0 radical (unpaired) electrons. The van der Waals surface area contributed by atoms with Gasteiger partial charge in [0.1, 0.15) is 0 Å². The number of hydrogen-bond acceptors (Lipinski definition) is 10. The number of fused-ring (bicyclic) bond motifs is 1. The van der Waals surface area contributed by atoms with Gasteiger partial charge in [-0.1, -0.05) is 11.8 Å². The Balaban J connectivity index is 1.27. The number of benzene rings is 1. The Morgan fingerprint density at radius 2 is 1.85 bits per heavy atom. The monoisotopic (exact) mass is 370 g/mol. The Morgan fingerprint density at radius 1 is 0.923 bits per heavy atom. The number of nitrogens with zero attached hydrogens (tertiary/aromatic N) is 4. The minimum Gasteiger partial charge on any atom is -0.459 e. The van der Waals surface area contributed by atoms with Crippen LogP contribution >= 0.6 is 11.8 Å². The third kappa shape index (κ3) is 2.80. The highest BCUT2D eigenvalue weighted by atomic mass is 32.2. The van der Waals surface area contributed by atoms with Gasteiger partial charge in [0, 0.05) is 5.56 Å². The Hall–Kier alpha value is -3.27. The minimum atomic E-state index is 0.216. The van der Waals surface area contributed by atoms with Gasteiger partial charge < -0.3 is 22.7 Å². The second kappa shape index (κ2) is 6.23. The van der Waals surface area contributed by atoms with E-state index in [2.05, 4.69) is 20.4 Å². The molecule has 10 heteroatoms. The molecule has 0 aliphatic carbocycles. The molecule has 1 aliphatic rings. The van der Waals surface area contributed by atoms with E-state index in [-0.39, 0.29) is 6.79 Å². The van der Waals surface area contributed by atoms with E-state index >= 15 is 0 Å². The van der Waals surface area contributed by atoms with Crippen LogP contribution in [0.3, 0.4) is 0 Å². The molecule has 0 saturated heterocycles. The Kier molecular flexibility index (Phi) is 3.60. The first-order valence-electron chi connectivity index (χ1n) is 7.58. The van der Waals surface area contributed by atoms with Crippen molar-refractivity contribution < 1.29 is 22.7 Å². The van der Waals surface area contributed by atoms with Crippen molar-refractivity contribution in [1.82, 2.24) is 20.4 Å². The highest BCUT2D eigenvalue weighted by Gasteiger charge is 2.17. The Labute approximate surface area is 150 Å². The average Bonchev–Trinajstić information content (AvgIpc) is 3.47. The SMILES string of the molecule is c1coc(-c2nnc(CSc3nnc(-c4ccc5c(c4)OCO5)o3)o2)c1. The second-order valence-electron chi connectivity index (χ2n) is 5.21. The number of aromatic nitrogens is 4. The molecule has 0 bridgehead atoms. The maximum atomic E-state index is 5.67. The van der Waals surface area contributed by atoms with Gasteiger partial charge in [0.25, 0.3) is 11.1 Å². The third-order valence-electron chi connectivity index (χ3n) is 3.54.